The van der Waals surface area contributed by atoms with Gasteiger partial charge < -0.3 is 14.5 Å². The summed E-state index contributed by atoms with van der Waals surface area (Å²) in [5.41, 5.74) is 2.70. The van der Waals surface area contributed by atoms with E-state index < -0.39 is 6.10 Å². The number of aliphatic hydroxyl groups is 1. The molecule has 1 N–H and O–H groups in total. The van der Waals surface area contributed by atoms with Gasteiger partial charge in [0.05, 0.1) is 6.54 Å². The number of benzene rings is 1. The van der Waals surface area contributed by atoms with Gasteiger partial charge in [0.2, 0.25) is 0 Å². The van der Waals surface area contributed by atoms with E-state index in [2.05, 4.69) is 5.16 Å². The van der Waals surface area contributed by atoms with Crippen molar-refractivity contribution in [3.63, 3.8) is 0 Å². The van der Waals surface area contributed by atoms with Gasteiger partial charge >= 0.3 is 0 Å². The number of nitrogens with zero attached hydrogens (tertiary/aromatic N) is 2. The Morgan fingerprint density at radius 3 is 2.85 bits per heavy atom. The number of hydrogen-bond donors (Lipinski definition) is 1. The zero-order chi connectivity index (χ0) is 14.1. The summed E-state index contributed by atoms with van der Waals surface area (Å²) in [7, 11) is 0. The van der Waals surface area contributed by atoms with Crippen LogP contribution >= 0.6 is 0 Å². The van der Waals surface area contributed by atoms with Gasteiger partial charge in [0.1, 0.15) is 17.6 Å². The average molecular weight is 272 g/mol. The molecule has 1 aliphatic heterocycles. The molecule has 3 rings (SSSR count). The Kier molecular flexibility index (Phi) is 3.28. The molecule has 0 aliphatic carbocycles. The predicted molar refractivity (Wildman–Crippen MR) is 72.7 cm³/mol. The molecule has 1 atom stereocenters. The fraction of sp³-hybridized carbons (Fsp3) is 0.333. The molecule has 2 heterocycles. The first-order valence-corrected chi connectivity index (χ1v) is 6.66. The third kappa shape index (κ3) is 2.20. The Bertz CT molecular complexity index is 619. The lowest BCUT2D eigenvalue weighted by Crippen LogP contribution is -2.40. The molecule has 1 aromatic heterocycles. The Morgan fingerprint density at radius 1 is 1.40 bits per heavy atom. The van der Waals surface area contributed by atoms with Crippen molar-refractivity contribution in [2.45, 2.75) is 26.0 Å². The molecule has 0 radical (unpaired) electrons. The fourth-order valence-corrected chi connectivity index (χ4v) is 2.48. The fourth-order valence-electron chi connectivity index (χ4n) is 2.48. The van der Waals surface area contributed by atoms with Gasteiger partial charge in [-0.15, -0.1) is 0 Å². The smallest absolute Gasteiger partial charge is 0.251 e. The van der Waals surface area contributed by atoms with E-state index >= 15 is 0 Å². The van der Waals surface area contributed by atoms with Crippen molar-refractivity contribution < 1.29 is 14.4 Å². The van der Waals surface area contributed by atoms with Gasteiger partial charge in [0, 0.05) is 24.1 Å². The number of hydrogen-bond acceptors (Lipinski definition) is 4. The molecule has 20 heavy (non-hydrogen) atoms. The van der Waals surface area contributed by atoms with Crippen molar-refractivity contribution in [3.05, 3.63) is 41.7 Å². The maximum Gasteiger partial charge on any atom is 0.251 e. The second-order valence-corrected chi connectivity index (χ2v) is 4.98. The van der Waals surface area contributed by atoms with Crippen molar-refractivity contribution >= 4 is 5.91 Å². The van der Waals surface area contributed by atoms with E-state index in [0.717, 1.165) is 22.6 Å². The standard InChI is InChI=1S/C15H16N2O3/c1-10(18)15(19)17-8-7-13-12(9-17)14(16-20-13)11-5-3-2-4-6-11/h2-6,10,18H,7-9H2,1H3. The van der Waals surface area contributed by atoms with E-state index in [4.69, 9.17) is 4.52 Å². The summed E-state index contributed by atoms with van der Waals surface area (Å²) < 4.78 is 5.38. The first-order valence-electron chi connectivity index (χ1n) is 6.66. The van der Waals surface area contributed by atoms with Crippen molar-refractivity contribution in [1.29, 1.82) is 0 Å². The third-order valence-electron chi connectivity index (χ3n) is 3.54. The maximum absolute atomic E-state index is 11.9. The molecule has 0 bridgehead atoms. The molecular weight excluding hydrogens is 256 g/mol. The summed E-state index contributed by atoms with van der Waals surface area (Å²) in [6, 6.07) is 9.76. The first-order chi connectivity index (χ1) is 9.66. The van der Waals surface area contributed by atoms with Gasteiger partial charge in [-0.2, -0.15) is 0 Å². The van der Waals surface area contributed by atoms with Gasteiger partial charge in [-0.05, 0) is 6.92 Å². The van der Waals surface area contributed by atoms with Crippen LogP contribution in [-0.2, 0) is 17.8 Å². The van der Waals surface area contributed by atoms with Crippen molar-refractivity contribution in [2.24, 2.45) is 0 Å². The maximum atomic E-state index is 11.9. The molecule has 1 unspecified atom stereocenters. The average Bonchev–Trinajstić information content (AvgIpc) is 2.90. The molecule has 0 spiro atoms. The number of rotatable bonds is 2. The molecule has 1 aliphatic rings. The summed E-state index contributed by atoms with van der Waals surface area (Å²) >= 11 is 0. The molecule has 5 heteroatoms. The molecule has 2 aromatic rings. The van der Waals surface area contributed by atoms with Crippen LogP contribution in [-0.4, -0.2) is 33.7 Å². The topological polar surface area (TPSA) is 66.6 Å². The highest BCUT2D eigenvalue weighted by molar-refractivity contribution is 5.80. The summed E-state index contributed by atoms with van der Waals surface area (Å²) in [5.74, 6) is 0.578. The van der Waals surface area contributed by atoms with E-state index in [1.54, 1.807) is 4.90 Å². The Hall–Kier alpha value is -2.14. The lowest BCUT2D eigenvalue weighted by molar-refractivity contribution is -0.140. The number of fused-ring (bicyclic) bond motifs is 1. The van der Waals surface area contributed by atoms with Crippen molar-refractivity contribution in [3.8, 4) is 11.3 Å². The van der Waals surface area contributed by atoms with Crippen molar-refractivity contribution in [1.82, 2.24) is 10.1 Å². The second-order valence-electron chi connectivity index (χ2n) is 4.98. The lowest BCUT2D eigenvalue weighted by Gasteiger charge is -2.27. The van der Waals surface area contributed by atoms with Crippen LogP contribution < -0.4 is 0 Å². The lowest BCUT2D eigenvalue weighted by atomic mass is 10.0. The van der Waals surface area contributed by atoms with Crippen LogP contribution in [0.3, 0.4) is 0 Å². The van der Waals surface area contributed by atoms with Crippen LogP contribution in [0, 0.1) is 0 Å². The zero-order valence-electron chi connectivity index (χ0n) is 11.2. The minimum atomic E-state index is -0.975. The van der Waals surface area contributed by atoms with Gasteiger partial charge in [0.25, 0.3) is 5.91 Å². The summed E-state index contributed by atoms with van der Waals surface area (Å²) in [4.78, 5) is 13.6. The highest BCUT2D eigenvalue weighted by atomic mass is 16.5. The molecule has 0 fully saturated rings. The molecule has 5 nitrogen and oxygen atoms in total. The predicted octanol–water partition coefficient (Wildman–Crippen LogP) is 1.61. The van der Waals surface area contributed by atoms with Crippen molar-refractivity contribution in [2.75, 3.05) is 6.54 Å². The molecule has 0 saturated heterocycles. The van der Waals surface area contributed by atoms with Crippen LogP contribution in [0.4, 0.5) is 0 Å². The van der Waals surface area contributed by atoms with Crippen LogP contribution in [0.1, 0.15) is 18.2 Å². The highest BCUT2D eigenvalue weighted by Crippen LogP contribution is 2.29. The monoisotopic (exact) mass is 272 g/mol. The van der Waals surface area contributed by atoms with E-state index in [1.807, 2.05) is 30.3 Å². The van der Waals surface area contributed by atoms with Crippen LogP contribution in [0.5, 0.6) is 0 Å². The largest absolute Gasteiger partial charge is 0.384 e. The number of aromatic nitrogens is 1. The molecule has 1 aromatic carbocycles. The van der Waals surface area contributed by atoms with Gasteiger partial charge in [-0.25, -0.2) is 0 Å². The minimum absolute atomic E-state index is 0.254. The normalized spacial score (nSPS) is 15.8. The minimum Gasteiger partial charge on any atom is -0.384 e. The van der Waals surface area contributed by atoms with Crippen LogP contribution in [0.25, 0.3) is 11.3 Å². The summed E-state index contributed by atoms with van der Waals surface area (Å²) in [6.45, 7) is 2.48. The molecular formula is C15H16N2O3. The molecule has 1 amide bonds. The molecule has 0 saturated carbocycles. The summed E-state index contributed by atoms with van der Waals surface area (Å²) in [5, 5.41) is 13.6. The second kappa shape index (κ2) is 5.09. The van der Waals surface area contributed by atoms with Crippen LogP contribution in [0.2, 0.25) is 0 Å². The van der Waals surface area contributed by atoms with E-state index in [9.17, 15) is 9.90 Å². The first kappa shape index (κ1) is 12.9. The highest BCUT2D eigenvalue weighted by Gasteiger charge is 2.28. The van der Waals surface area contributed by atoms with Gasteiger partial charge in [0.15, 0.2) is 0 Å². The Morgan fingerprint density at radius 2 is 2.15 bits per heavy atom. The molecule has 104 valence electrons. The SMILES string of the molecule is CC(O)C(=O)N1CCc2onc(-c3ccccc3)c2C1. The summed E-state index contributed by atoms with van der Waals surface area (Å²) in [6.07, 6.45) is -0.343. The van der Waals surface area contributed by atoms with E-state index in [0.29, 0.717) is 19.5 Å². The Labute approximate surface area is 116 Å². The van der Waals surface area contributed by atoms with E-state index in [1.165, 1.54) is 6.92 Å². The third-order valence-corrected chi connectivity index (χ3v) is 3.54. The van der Waals surface area contributed by atoms with Crippen LogP contribution in [0.15, 0.2) is 34.9 Å². The number of amides is 1. The number of aliphatic hydroxyl groups excluding tert-OH is 1. The number of carbonyl (C=O) groups excluding carboxylic acids is 1. The Balaban J connectivity index is 1.93. The van der Waals surface area contributed by atoms with Gasteiger partial charge in [-0.1, -0.05) is 35.5 Å². The van der Waals surface area contributed by atoms with E-state index in [-0.39, 0.29) is 5.91 Å². The van der Waals surface area contributed by atoms with Gasteiger partial charge in [-0.3, -0.25) is 4.79 Å². The number of carbonyl (C=O) groups is 1. The zero-order valence-corrected chi connectivity index (χ0v) is 11.2. The quantitative estimate of drug-likeness (QED) is 0.902.